The number of hydrogen-bond acceptors (Lipinski definition) is 2. The molecule has 2 amide bonds. The molecule has 4 nitrogen and oxygen atoms in total. The minimum absolute atomic E-state index is 0.0171. The van der Waals surface area contributed by atoms with Crippen molar-refractivity contribution in [3.05, 3.63) is 0 Å². The highest BCUT2D eigenvalue weighted by Gasteiger charge is 2.39. The largest absolute Gasteiger partial charge is 0.354 e. The minimum atomic E-state index is -0.638. The van der Waals surface area contributed by atoms with Crippen molar-refractivity contribution in [2.75, 3.05) is 6.54 Å². The molecule has 0 aromatic heterocycles. The number of carbonyl (C=O) groups excluding carboxylic acids is 2. The fourth-order valence-electron chi connectivity index (χ4n) is 2.25. The summed E-state index contributed by atoms with van der Waals surface area (Å²) < 4.78 is 0. The van der Waals surface area contributed by atoms with Crippen LogP contribution in [0.1, 0.15) is 52.4 Å². The molecule has 1 aliphatic carbocycles. The summed E-state index contributed by atoms with van der Waals surface area (Å²) in [5.41, 5.74) is -0.638. The number of hydrogen-bond donors (Lipinski definition) is 2. The van der Waals surface area contributed by atoms with Crippen LogP contribution in [0.5, 0.6) is 0 Å². The maximum atomic E-state index is 12.0. The Hall–Kier alpha value is -1.06. The molecule has 0 spiro atoms. The van der Waals surface area contributed by atoms with E-state index in [-0.39, 0.29) is 11.8 Å². The molecule has 0 aromatic carbocycles. The first-order valence-corrected chi connectivity index (χ1v) is 6.24. The van der Waals surface area contributed by atoms with Crippen molar-refractivity contribution in [1.82, 2.24) is 10.6 Å². The van der Waals surface area contributed by atoms with Crippen LogP contribution in [0.4, 0.5) is 0 Å². The Morgan fingerprint density at radius 1 is 1.12 bits per heavy atom. The van der Waals surface area contributed by atoms with E-state index >= 15 is 0 Å². The summed E-state index contributed by atoms with van der Waals surface area (Å²) in [5.74, 6) is -0.0512. The molecule has 0 unspecified atom stereocenters. The van der Waals surface area contributed by atoms with Gasteiger partial charge in [-0.2, -0.15) is 0 Å². The van der Waals surface area contributed by atoms with E-state index in [0.717, 1.165) is 32.1 Å². The quantitative estimate of drug-likeness (QED) is 0.760. The summed E-state index contributed by atoms with van der Waals surface area (Å²) in [4.78, 5) is 23.5. The third-order valence-corrected chi connectivity index (χ3v) is 3.18. The fraction of sp³-hybridized carbons (Fsp3) is 0.833. The first-order chi connectivity index (χ1) is 7.64. The van der Waals surface area contributed by atoms with E-state index in [0.29, 0.717) is 13.0 Å². The van der Waals surface area contributed by atoms with Gasteiger partial charge in [-0.25, -0.2) is 0 Å². The molecule has 0 saturated heterocycles. The molecule has 0 heterocycles. The predicted octanol–water partition coefficient (Wildman–Crippen LogP) is 1.35. The summed E-state index contributed by atoms with van der Waals surface area (Å²) >= 11 is 0. The van der Waals surface area contributed by atoms with Crippen molar-refractivity contribution in [1.29, 1.82) is 0 Å². The first kappa shape index (κ1) is 13.0. The molecule has 2 N–H and O–H groups in total. The minimum Gasteiger partial charge on any atom is -0.354 e. The Morgan fingerprint density at radius 2 is 1.75 bits per heavy atom. The number of likely N-dealkylation sites (N-methyl/N-ethyl adjacent to an activating group) is 1. The van der Waals surface area contributed by atoms with Gasteiger partial charge in [0.2, 0.25) is 11.8 Å². The Labute approximate surface area is 97.2 Å². The first-order valence-electron chi connectivity index (χ1n) is 6.24. The second-order valence-corrected chi connectivity index (χ2v) is 4.40. The third-order valence-electron chi connectivity index (χ3n) is 3.18. The van der Waals surface area contributed by atoms with Crippen LogP contribution >= 0.6 is 0 Å². The van der Waals surface area contributed by atoms with E-state index in [1.165, 1.54) is 0 Å². The number of carbonyl (C=O) groups is 2. The van der Waals surface area contributed by atoms with Gasteiger partial charge in [0, 0.05) is 13.0 Å². The zero-order valence-electron chi connectivity index (χ0n) is 10.3. The van der Waals surface area contributed by atoms with Gasteiger partial charge in [-0.3, -0.25) is 9.59 Å². The maximum absolute atomic E-state index is 12.0. The fourth-order valence-corrected chi connectivity index (χ4v) is 2.25. The highest BCUT2D eigenvalue weighted by molar-refractivity contribution is 5.91. The summed E-state index contributed by atoms with van der Waals surface area (Å²) in [6, 6.07) is 0. The molecule has 1 saturated carbocycles. The predicted molar refractivity (Wildman–Crippen MR) is 62.9 cm³/mol. The van der Waals surface area contributed by atoms with Crippen LogP contribution in [0.2, 0.25) is 0 Å². The van der Waals surface area contributed by atoms with Crippen LogP contribution < -0.4 is 10.6 Å². The lowest BCUT2D eigenvalue weighted by Gasteiger charge is -2.36. The monoisotopic (exact) mass is 226 g/mol. The standard InChI is InChI=1S/C12H22N2O2/c1-3-10(15)14-12(11(16)13-4-2)8-6-5-7-9-12/h3-9H2,1-2H3,(H,13,16)(H,14,15). The number of rotatable bonds is 4. The molecule has 16 heavy (non-hydrogen) atoms. The topological polar surface area (TPSA) is 58.2 Å². The van der Waals surface area contributed by atoms with E-state index in [1.54, 1.807) is 0 Å². The lowest BCUT2D eigenvalue weighted by molar-refractivity contribution is -0.134. The number of amides is 2. The maximum Gasteiger partial charge on any atom is 0.245 e. The van der Waals surface area contributed by atoms with Crippen LogP contribution in [0.3, 0.4) is 0 Å². The Bertz CT molecular complexity index is 258. The van der Waals surface area contributed by atoms with Gasteiger partial charge in [-0.15, -0.1) is 0 Å². The van der Waals surface area contributed by atoms with E-state index in [2.05, 4.69) is 10.6 Å². The van der Waals surface area contributed by atoms with E-state index < -0.39 is 5.54 Å². The molecule has 92 valence electrons. The van der Waals surface area contributed by atoms with Gasteiger partial charge in [0.25, 0.3) is 0 Å². The van der Waals surface area contributed by atoms with Gasteiger partial charge in [0.1, 0.15) is 5.54 Å². The van der Waals surface area contributed by atoms with Crippen LogP contribution in [0.15, 0.2) is 0 Å². The van der Waals surface area contributed by atoms with Gasteiger partial charge in [-0.1, -0.05) is 26.2 Å². The summed E-state index contributed by atoms with van der Waals surface area (Å²) in [5, 5.41) is 5.75. The van der Waals surface area contributed by atoms with Gasteiger partial charge in [0.15, 0.2) is 0 Å². The Kier molecular flexibility index (Phi) is 4.77. The van der Waals surface area contributed by atoms with Crippen LogP contribution in [-0.4, -0.2) is 23.9 Å². The van der Waals surface area contributed by atoms with Crippen LogP contribution in [0, 0.1) is 0 Å². The zero-order chi connectivity index (χ0) is 12.0. The van der Waals surface area contributed by atoms with Crippen LogP contribution in [-0.2, 0) is 9.59 Å². The second-order valence-electron chi connectivity index (χ2n) is 4.40. The van der Waals surface area contributed by atoms with Gasteiger partial charge in [0.05, 0.1) is 0 Å². The summed E-state index contributed by atoms with van der Waals surface area (Å²) in [6.45, 7) is 4.32. The van der Waals surface area contributed by atoms with Crippen molar-refractivity contribution < 1.29 is 9.59 Å². The molecular formula is C12H22N2O2. The molecule has 0 aromatic rings. The molecule has 1 aliphatic rings. The summed E-state index contributed by atoms with van der Waals surface area (Å²) in [7, 11) is 0. The normalized spacial score (nSPS) is 18.9. The molecule has 1 fully saturated rings. The lowest BCUT2D eigenvalue weighted by atomic mass is 9.80. The Morgan fingerprint density at radius 3 is 2.25 bits per heavy atom. The average Bonchev–Trinajstić information content (AvgIpc) is 2.30. The van der Waals surface area contributed by atoms with Crippen molar-refractivity contribution in [3.8, 4) is 0 Å². The van der Waals surface area contributed by atoms with Crippen molar-refractivity contribution in [2.24, 2.45) is 0 Å². The zero-order valence-corrected chi connectivity index (χ0v) is 10.3. The van der Waals surface area contributed by atoms with Crippen molar-refractivity contribution in [2.45, 2.75) is 57.9 Å². The van der Waals surface area contributed by atoms with E-state index in [1.807, 2.05) is 13.8 Å². The van der Waals surface area contributed by atoms with Gasteiger partial charge < -0.3 is 10.6 Å². The van der Waals surface area contributed by atoms with Crippen LogP contribution in [0.25, 0.3) is 0 Å². The number of nitrogens with one attached hydrogen (secondary N) is 2. The molecular weight excluding hydrogens is 204 g/mol. The lowest BCUT2D eigenvalue weighted by Crippen LogP contribution is -2.59. The molecule has 0 atom stereocenters. The highest BCUT2D eigenvalue weighted by atomic mass is 16.2. The average molecular weight is 226 g/mol. The molecule has 0 aliphatic heterocycles. The summed E-state index contributed by atoms with van der Waals surface area (Å²) in [6.07, 6.45) is 5.15. The van der Waals surface area contributed by atoms with E-state index in [4.69, 9.17) is 0 Å². The SMILES string of the molecule is CCNC(=O)C1(NC(=O)CC)CCCCC1. The molecule has 0 bridgehead atoms. The van der Waals surface area contributed by atoms with Gasteiger partial charge >= 0.3 is 0 Å². The molecule has 1 rings (SSSR count). The molecule has 0 radical (unpaired) electrons. The Balaban J connectivity index is 2.74. The van der Waals surface area contributed by atoms with Gasteiger partial charge in [-0.05, 0) is 19.8 Å². The smallest absolute Gasteiger partial charge is 0.245 e. The van der Waals surface area contributed by atoms with Crippen molar-refractivity contribution in [3.63, 3.8) is 0 Å². The second kappa shape index (κ2) is 5.87. The highest BCUT2D eigenvalue weighted by Crippen LogP contribution is 2.28. The third kappa shape index (κ3) is 2.97. The molecule has 4 heteroatoms. The van der Waals surface area contributed by atoms with Crippen molar-refractivity contribution >= 4 is 11.8 Å². The van der Waals surface area contributed by atoms with E-state index in [9.17, 15) is 9.59 Å².